The smallest absolute Gasteiger partial charge is 0.231 e. The Bertz CT molecular complexity index is 790. The first kappa shape index (κ1) is 17.2. The third kappa shape index (κ3) is 3.14. The van der Waals surface area contributed by atoms with E-state index in [1.165, 1.54) is 0 Å². The average Bonchev–Trinajstić information content (AvgIpc) is 2.90. The summed E-state index contributed by atoms with van der Waals surface area (Å²) >= 11 is 0. The zero-order valence-corrected chi connectivity index (χ0v) is 15.4. The van der Waals surface area contributed by atoms with Crippen molar-refractivity contribution >= 4 is 22.8 Å². The van der Waals surface area contributed by atoms with Gasteiger partial charge in [-0.25, -0.2) is 4.98 Å². The van der Waals surface area contributed by atoms with Gasteiger partial charge in [-0.15, -0.1) is 0 Å². The fourth-order valence-corrected chi connectivity index (χ4v) is 4.08. The highest BCUT2D eigenvalue weighted by Gasteiger charge is 2.46. The van der Waals surface area contributed by atoms with Gasteiger partial charge in [0.1, 0.15) is 5.82 Å². The van der Waals surface area contributed by atoms with Crippen molar-refractivity contribution in [2.24, 2.45) is 5.41 Å². The van der Waals surface area contributed by atoms with E-state index < -0.39 is 0 Å². The van der Waals surface area contributed by atoms with Gasteiger partial charge in [0.05, 0.1) is 29.3 Å². The third-order valence-corrected chi connectivity index (χ3v) is 5.73. The van der Waals surface area contributed by atoms with Crippen LogP contribution in [0.4, 0.5) is 5.82 Å². The number of para-hydroxylation sites is 2. The molecule has 4 rings (SSSR count). The highest BCUT2D eigenvalue weighted by molar-refractivity contribution is 5.84. The van der Waals surface area contributed by atoms with Crippen molar-refractivity contribution in [1.29, 1.82) is 0 Å². The van der Waals surface area contributed by atoms with E-state index in [4.69, 9.17) is 9.72 Å². The molecule has 0 unspecified atom stereocenters. The van der Waals surface area contributed by atoms with E-state index in [-0.39, 0.29) is 11.3 Å². The summed E-state index contributed by atoms with van der Waals surface area (Å²) in [5.74, 6) is 1.17. The molecule has 0 atom stereocenters. The lowest BCUT2D eigenvalue weighted by atomic mass is 9.68. The molecule has 0 N–H and O–H groups in total. The van der Waals surface area contributed by atoms with E-state index in [2.05, 4.69) is 9.88 Å². The second-order valence-corrected chi connectivity index (χ2v) is 7.42. The zero-order valence-electron chi connectivity index (χ0n) is 15.4. The normalized spacial score (nSPS) is 19.9. The van der Waals surface area contributed by atoms with Crippen LogP contribution in [-0.4, -0.2) is 60.7 Å². The summed E-state index contributed by atoms with van der Waals surface area (Å²) in [5.41, 5.74) is 1.55. The van der Waals surface area contributed by atoms with Crippen molar-refractivity contribution in [3.8, 4) is 0 Å². The summed E-state index contributed by atoms with van der Waals surface area (Å²) in [4.78, 5) is 26.6. The zero-order chi connectivity index (χ0) is 18.0. The van der Waals surface area contributed by atoms with E-state index in [1.54, 1.807) is 7.11 Å². The van der Waals surface area contributed by atoms with Crippen molar-refractivity contribution in [2.75, 3.05) is 44.8 Å². The Morgan fingerprint density at radius 2 is 1.92 bits per heavy atom. The molecule has 0 spiro atoms. The molecule has 1 aliphatic heterocycles. The minimum Gasteiger partial charge on any atom is -0.384 e. The molecule has 0 radical (unpaired) electrons. The number of amides is 1. The van der Waals surface area contributed by atoms with Crippen molar-refractivity contribution in [2.45, 2.75) is 25.7 Å². The first-order chi connectivity index (χ1) is 12.7. The minimum absolute atomic E-state index is 0.271. The van der Waals surface area contributed by atoms with Crippen molar-refractivity contribution in [3.63, 3.8) is 0 Å². The summed E-state index contributed by atoms with van der Waals surface area (Å²) in [5, 5.41) is 0. The van der Waals surface area contributed by atoms with Crippen LogP contribution in [0.2, 0.25) is 0 Å². The van der Waals surface area contributed by atoms with Gasteiger partial charge in [-0.1, -0.05) is 18.6 Å². The summed E-state index contributed by atoms with van der Waals surface area (Å²) in [6.07, 6.45) is 5.83. The molecule has 1 amide bonds. The number of carbonyl (C=O) groups excluding carboxylic acids is 1. The minimum atomic E-state index is -0.271. The Balaban J connectivity index is 1.46. The van der Waals surface area contributed by atoms with E-state index in [0.29, 0.717) is 6.61 Å². The number of hydrogen-bond donors (Lipinski definition) is 0. The van der Waals surface area contributed by atoms with Crippen molar-refractivity contribution in [3.05, 3.63) is 30.5 Å². The fraction of sp³-hybridized carbons (Fsp3) is 0.550. The molecule has 1 saturated carbocycles. The maximum atomic E-state index is 13.1. The number of hydrogen-bond acceptors (Lipinski definition) is 5. The van der Waals surface area contributed by atoms with Crippen LogP contribution in [0.5, 0.6) is 0 Å². The molecule has 2 aromatic rings. The number of aromatic nitrogens is 2. The van der Waals surface area contributed by atoms with E-state index >= 15 is 0 Å². The quantitative estimate of drug-likeness (QED) is 0.844. The Morgan fingerprint density at radius 3 is 2.65 bits per heavy atom. The number of fused-ring (bicyclic) bond motifs is 1. The average molecular weight is 354 g/mol. The largest absolute Gasteiger partial charge is 0.384 e. The highest BCUT2D eigenvalue weighted by Crippen LogP contribution is 2.42. The maximum absolute atomic E-state index is 13.1. The molecular formula is C20H26N4O2. The number of benzene rings is 1. The van der Waals surface area contributed by atoms with Crippen LogP contribution in [-0.2, 0) is 9.53 Å². The third-order valence-electron chi connectivity index (χ3n) is 5.73. The van der Waals surface area contributed by atoms with E-state index in [0.717, 1.165) is 68.7 Å². The summed E-state index contributed by atoms with van der Waals surface area (Å²) in [7, 11) is 1.69. The van der Waals surface area contributed by atoms with E-state index in [1.807, 2.05) is 35.4 Å². The number of rotatable bonds is 4. The molecule has 1 aromatic heterocycles. The van der Waals surface area contributed by atoms with Crippen LogP contribution in [0, 0.1) is 5.41 Å². The number of nitrogens with zero attached hydrogens (tertiary/aromatic N) is 4. The van der Waals surface area contributed by atoms with Crippen LogP contribution in [0.3, 0.4) is 0 Å². The van der Waals surface area contributed by atoms with Gasteiger partial charge in [0.25, 0.3) is 0 Å². The Morgan fingerprint density at radius 1 is 1.12 bits per heavy atom. The molecule has 1 saturated heterocycles. The highest BCUT2D eigenvalue weighted by atomic mass is 16.5. The molecule has 1 aliphatic carbocycles. The van der Waals surface area contributed by atoms with Crippen molar-refractivity contribution < 1.29 is 9.53 Å². The lowest BCUT2D eigenvalue weighted by Gasteiger charge is -2.42. The SMILES string of the molecule is COCC1(C(=O)N2CCCN(c3cnc4ccccc4n3)CC2)CCC1. The molecule has 1 aromatic carbocycles. The maximum Gasteiger partial charge on any atom is 0.231 e. The standard InChI is InChI=1S/C20H26N4O2/c1-26-15-20(8-4-9-20)19(25)24-11-5-10-23(12-13-24)18-14-21-16-6-2-3-7-17(16)22-18/h2-3,6-7,14H,4-5,8-13,15H2,1H3. The van der Waals surface area contributed by atoms with E-state index in [9.17, 15) is 4.79 Å². The van der Waals surface area contributed by atoms with Gasteiger partial charge in [0.15, 0.2) is 0 Å². The topological polar surface area (TPSA) is 58.6 Å². The van der Waals surface area contributed by atoms with Crippen LogP contribution < -0.4 is 4.90 Å². The van der Waals surface area contributed by atoms with Gasteiger partial charge in [-0.05, 0) is 31.4 Å². The van der Waals surface area contributed by atoms with Gasteiger partial charge in [-0.3, -0.25) is 9.78 Å². The lowest BCUT2D eigenvalue weighted by Crippen LogP contribution is -2.51. The molecule has 138 valence electrons. The van der Waals surface area contributed by atoms with Crippen LogP contribution >= 0.6 is 0 Å². The Labute approximate surface area is 154 Å². The van der Waals surface area contributed by atoms with Crippen LogP contribution in [0.25, 0.3) is 11.0 Å². The van der Waals surface area contributed by atoms with Crippen LogP contribution in [0.1, 0.15) is 25.7 Å². The molecule has 0 bridgehead atoms. The molecule has 6 heteroatoms. The lowest BCUT2D eigenvalue weighted by molar-refractivity contribution is -0.151. The first-order valence-corrected chi connectivity index (χ1v) is 9.47. The van der Waals surface area contributed by atoms with Gasteiger partial charge >= 0.3 is 0 Å². The molecule has 2 aliphatic rings. The second-order valence-electron chi connectivity index (χ2n) is 7.42. The fourth-order valence-electron chi connectivity index (χ4n) is 4.08. The Hall–Kier alpha value is -2.21. The monoisotopic (exact) mass is 354 g/mol. The van der Waals surface area contributed by atoms with Gasteiger partial charge in [0, 0.05) is 33.3 Å². The number of anilines is 1. The van der Waals surface area contributed by atoms with Gasteiger partial charge in [0.2, 0.25) is 5.91 Å². The van der Waals surface area contributed by atoms with Crippen molar-refractivity contribution in [1.82, 2.24) is 14.9 Å². The van der Waals surface area contributed by atoms with Gasteiger partial charge in [-0.2, -0.15) is 0 Å². The van der Waals surface area contributed by atoms with Crippen LogP contribution in [0.15, 0.2) is 30.5 Å². The molecule has 6 nitrogen and oxygen atoms in total. The molecule has 2 heterocycles. The predicted molar refractivity (Wildman–Crippen MR) is 101 cm³/mol. The number of carbonyl (C=O) groups is 1. The first-order valence-electron chi connectivity index (χ1n) is 9.47. The summed E-state index contributed by atoms with van der Waals surface area (Å²) < 4.78 is 5.35. The summed E-state index contributed by atoms with van der Waals surface area (Å²) in [6.45, 7) is 3.78. The molecule has 2 fully saturated rings. The number of methoxy groups -OCH3 is 1. The Kier molecular flexibility index (Phi) is 4.76. The molecule has 26 heavy (non-hydrogen) atoms. The second kappa shape index (κ2) is 7.19. The van der Waals surface area contributed by atoms with Gasteiger partial charge < -0.3 is 14.5 Å². The number of ether oxygens (including phenoxy) is 1. The predicted octanol–water partition coefficient (Wildman–Crippen LogP) is 2.49. The summed E-state index contributed by atoms with van der Waals surface area (Å²) in [6, 6.07) is 7.92. The molecular weight excluding hydrogens is 328 g/mol.